The second kappa shape index (κ2) is 10.1. The Labute approximate surface area is 201 Å². The fourth-order valence-electron chi connectivity index (χ4n) is 3.29. The minimum absolute atomic E-state index is 0.00918. The lowest BCUT2D eigenvalue weighted by Crippen LogP contribution is -2.28. The van der Waals surface area contributed by atoms with Crippen LogP contribution < -0.4 is 18.9 Å². The maximum absolute atomic E-state index is 12.5. The van der Waals surface area contributed by atoms with Gasteiger partial charge >= 0.3 is 0 Å². The number of hydrogen-bond acceptors (Lipinski definition) is 9. The van der Waals surface area contributed by atoms with Crippen molar-refractivity contribution in [1.29, 1.82) is 0 Å². The summed E-state index contributed by atoms with van der Waals surface area (Å²) in [5, 5.41) is 12.8. The van der Waals surface area contributed by atoms with Crippen molar-refractivity contribution in [2.45, 2.75) is 11.8 Å². The molecule has 0 bridgehead atoms. The van der Waals surface area contributed by atoms with E-state index >= 15 is 0 Å². The molecule has 0 aliphatic heterocycles. The molecular formula is C23H23N5O6S. The van der Waals surface area contributed by atoms with Gasteiger partial charge < -0.3 is 14.2 Å². The number of sulfonamides is 1. The lowest BCUT2D eigenvalue weighted by molar-refractivity contribution is 0.101. The first-order valence-corrected chi connectivity index (χ1v) is 12.0. The van der Waals surface area contributed by atoms with Gasteiger partial charge in [-0.2, -0.15) is 4.52 Å². The van der Waals surface area contributed by atoms with E-state index in [0.29, 0.717) is 34.1 Å². The molecule has 4 aromatic rings. The number of fused-ring (bicyclic) bond motifs is 1. The zero-order valence-corrected chi connectivity index (χ0v) is 20.1. The number of benzene rings is 2. The number of ketones is 1. The average Bonchev–Trinajstić information content (AvgIpc) is 3.29. The predicted molar refractivity (Wildman–Crippen MR) is 126 cm³/mol. The third-order valence-corrected chi connectivity index (χ3v) is 6.58. The van der Waals surface area contributed by atoms with Crippen LogP contribution >= 0.6 is 0 Å². The number of Topliss-reactive ketones (excluding diaryl/α,β-unsaturated/α-hetero) is 1. The Balaban J connectivity index is 1.46. The minimum atomic E-state index is -3.75. The zero-order chi connectivity index (χ0) is 25.0. The van der Waals surface area contributed by atoms with Crippen molar-refractivity contribution < 1.29 is 27.4 Å². The van der Waals surface area contributed by atoms with E-state index in [1.165, 1.54) is 35.7 Å². The highest BCUT2D eigenvalue weighted by Gasteiger charge is 2.17. The van der Waals surface area contributed by atoms with E-state index in [9.17, 15) is 13.2 Å². The van der Waals surface area contributed by atoms with Gasteiger partial charge in [0.05, 0.1) is 24.7 Å². The smallest absolute Gasteiger partial charge is 0.240 e. The number of aromatic nitrogens is 4. The minimum Gasteiger partial charge on any atom is -0.497 e. The van der Waals surface area contributed by atoms with Crippen LogP contribution in [0.15, 0.2) is 59.5 Å². The summed E-state index contributed by atoms with van der Waals surface area (Å²) in [5.74, 6) is 1.73. The lowest BCUT2D eigenvalue weighted by atomic mass is 10.2. The Kier molecular flexibility index (Phi) is 6.94. The van der Waals surface area contributed by atoms with Crippen molar-refractivity contribution in [3.63, 3.8) is 0 Å². The van der Waals surface area contributed by atoms with Gasteiger partial charge in [0.2, 0.25) is 15.9 Å². The molecule has 0 fully saturated rings. The van der Waals surface area contributed by atoms with Crippen LogP contribution in [0.25, 0.3) is 17.0 Å². The number of hydrogen-bond donors (Lipinski definition) is 1. The molecule has 2 aromatic carbocycles. The summed E-state index contributed by atoms with van der Waals surface area (Å²) in [4.78, 5) is 11.4. The van der Waals surface area contributed by atoms with Gasteiger partial charge in [-0.25, -0.2) is 13.1 Å². The maximum atomic E-state index is 12.5. The van der Waals surface area contributed by atoms with Gasteiger partial charge in [0, 0.05) is 18.2 Å². The highest BCUT2D eigenvalue weighted by Crippen LogP contribution is 2.32. The molecule has 0 spiro atoms. The van der Waals surface area contributed by atoms with Crippen molar-refractivity contribution in [2.24, 2.45) is 0 Å². The number of carbonyl (C=O) groups excluding carboxylic acids is 1. The van der Waals surface area contributed by atoms with Crippen LogP contribution in [0.1, 0.15) is 17.3 Å². The highest BCUT2D eigenvalue weighted by molar-refractivity contribution is 7.89. The summed E-state index contributed by atoms with van der Waals surface area (Å²) < 4.78 is 45.3. The van der Waals surface area contributed by atoms with Gasteiger partial charge in [0.15, 0.2) is 17.3 Å². The summed E-state index contributed by atoms with van der Waals surface area (Å²) in [6.45, 7) is 1.46. The summed E-state index contributed by atoms with van der Waals surface area (Å²) in [6.07, 6.45) is 0. The molecule has 0 aliphatic carbocycles. The highest BCUT2D eigenvalue weighted by atomic mass is 32.2. The van der Waals surface area contributed by atoms with Gasteiger partial charge in [0.1, 0.15) is 18.1 Å². The number of nitrogens with one attached hydrogen (secondary N) is 1. The van der Waals surface area contributed by atoms with Crippen LogP contribution in [0.4, 0.5) is 0 Å². The topological polar surface area (TPSA) is 134 Å². The Hall–Kier alpha value is -4.03. The van der Waals surface area contributed by atoms with Crippen LogP contribution in [0.5, 0.6) is 17.4 Å². The van der Waals surface area contributed by atoms with Crippen LogP contribution in [0, 0.1) is 0 Å². The Morgan fingerprint density at radius 3 is 2.46 bits per heavy atom. The van der Waals surface area contributed by atoms with Crippen molar-refractivity contribution >= 4 is 21.5 Å². The number of rotatable bonds is 10. The molecule has 2 heterocycles. The lowest BCUT2D eigenvalue weighted by Gasteiger charge is -2.10. The van der Waals surface area contributed by atoms with Gasteiger partial charge in [-0.05, 0) is 43.3 Å². The van der Waals surface area contributed by atoms with Crippen LogP contribution in [-0.4, -0.2) is 61.4 Å². The van der Waals surface area contributed by atoms with Gasteiger partial charge in [-0.15, -0.1) is 15.3 Å². The van der Waals surface area contributed by atoms with Crippen molar-refractivity contribution in [1.82, 2.24) is 24.5 Å². The second-order valence-corrected chi connectivity index (χ2v) is 9.13. The molecule has 2 aromatic heterocycles. The number of methoxy groups -OCH3 is 2. The third kappa shape index (κ3) is 5.23. The molecule has 0 atom stereocenters. The molecule has 1 N–H and O–H groups in total. The molecule has 182 valence electrons. The quantitative estimate of drug-likeness (QED) is 0.259. The van der Waals surface area contributed by atoms with E-state index in [-0.39, 0.29) is 29.7 Å². The van der Waals surface area contributed by atoms with E-state index < -0.39 is 10.0 Å². The molecule has 11 nitrogen and oxygen atoms in total. The summed E-state index contributed by atoms with van der Waals surface area (Å²) in [7, 11) is -0.639. The number of ether oxygens (including phenoxy) is 3. The molecule has 35 heavy (non-hydrogen) atoms. The van der Waals surface area contributed by atoms with Crippen LogP contribution in [-0.2, 0) is 10.0 Å². The molecule has 0 saturated heterocycles. The largest absolute Gasteiger partial charge is 0.497 e. The Morgan fingerprint density at radius 2 is 1.77 bits per heavy atom. The molecule has 0 saturated carbocycles. The Morgan fingerprint density at radius 1 is 1.00 bits per heavy atom. The third-order valence-electron chi connectivity index (χ3n) is 5.10. The fraction of sp³-hybridized carbons (Fsp3) is 0.217. The van der Waals surface area contributed by atoms with Gasteiger partial charge in [0.25, 0.3) is 0 Å². The van der Waals surface area contributed by atoms with E-state index in [1.54, 1.807) is 44.6 Å². The van der Waals surface area contributed by atoms with Gasteiger partial charge in [-0.3, -0.25) is 4.79 Å². The van der Waals surface area contributed by atoms with E-state index in [0.717, 1.165) is 0 Å². The average molecular weight is 498 g/mol. The standard InChI is InChI=1S/C23H23N5O6S/c1-15(29)16-4-7-18(8-5-16)35(30,31)24-12-13-34-22-11-10-21-25-26-23(28(21)27-22)19-14-17(32-2)6-9-20(19)33-3/h4-11,14,24H,12-13H2,1-3H3. The molecule has 0 amide bonds. The predicted octanol–water partition coefficient (Wildman–Crippen LogP) is 2.37. The van der Waals surface area contributed by atoms with Crippen LogP contribution in [0.2, 0.25) is 0 Å². The first-order chi connectivity index (χ1) is 16.8. The van der Waals surface area contributed by atoms with Crippen molar-refractivity contribution in [3.8, 4) is 28.8 Å². The van der Waals surface area contributed by atoms with Crippen LogP contribution in [0.3, 0.4) is 0 Å². The van der Waals surface area contributed by atoms with E-state index in [4.69, 9.17) is 14.2 Å². The van der Waals surface area contributed by atoms with Crippen molar-refractivity contribution in [2.75, 3.05) is 27.4 Å². The summed E-state index contributed by atoms with van der Waals surface area (Å²) in [5.41, 5.74) is 1.56. The first-order valence-electron chi connectivity index (χ1n) is 10.5. The van der Waals surface area contributed by atoms with E-state index in [1.807, 2.05) is 0 Å². The van der Waals surface area contributed by atoms with Crippen molar-refractivity contribution in [3.05, 3.63) is 60.2 Å². The van der Waals surface area contributed by atoms with Gasteiger partial charge in [-0.1, -0.05) is 12.1 Å². The monoisotopic (exact) mass is 497 g/mol. The summed E-state index contributed by atoms with van der Waals surface area (Å²) in [6, 6.07) is 14.3. The molecule has 0 unspecified atom stereocenters. The fourth-order valence-corrected chi connectivity index (χ4v) is 4.30. The first kappa shape index (κ1) is 24.1. The maximum Gasteiger partial charge on any atom is 0.240 e. The van der Waals surface area contributed by atoms with E-state index in [2.05, 4.69) is 20.0 Å². The number of nitrogens with zero attached hydrogens (tertiary/aromatic N) is 4. The molecular weight excluding hydrogens is 474 g/mol. The normalized spacial score (nSPS) is 11.4. The number of carbonyl (C=O) groups is 1. The SMILES string of the molecule is COc1ccc(OC)c(-c2nnc3ccc(OCCNS(=O)(=O)c4ccc(C(C)=O)cc4)nn23)c1. The second-order valence-electron chi connectivity index (χ2n) is 7.36. The molecule has 4 rings (SSSR count). The molecule has 0 aliphatic rings. The zero-order valence-electron chi connectivity index (χ0n) is 19.3. The molecule has 12 heteroatoms. The molecule has 0 radical (unpaired) electrons. The summed E-state index contributed by atoms with van der Waals surface area (Å²) >= 11 is 0. The Bertz CT molecular complexity index is 1470.